The Morgan fingerprint density at radius 1 is 1.44 bits per heavy atom. The maximum atomic E-state index is 11.9. The molecule has 0 saturated heterocycles. The molecule has 0 aromatic heterocycles. The molecule has 0 spiro atoms. The molecule has 0 bridgehead atoms. The van der Waals surface area contributed by atoms with E-state index in [0.29, 0.717) is 17.4 Å². The van der Waals surface area contributed by atoms with Crippen molar-refractivity contribution in [2.75, 3.05) is 6.54 Å². The van der Waals surface area contributed by atoms with Crippen LogP contribution in [0, 0.1) is 0 Å². The topological polar surface area (TPSA) is 72.2 Å². The van der Waals surface area contributed by atoms with Gasteiger partial charge >= 0.3 is 0 Å². The highest BCUT2D eigenvalue weighted by Crippen LogP contribution is 2.20. The van der Waals surface area contributed by atoms with Crippen LogP contribution in [-0.2, 0) is 10.0 Å². The molecule has 1 rings (SSSR count). The van der Waals surface area contributed by atoms with Crippen LogP contribution in [0.3, 0.4) is 0 Å². The first kappa shape index (κ1) is 13.6. The van der Waals surface area contributed by atoms with Crippen LogP contribution in [0.4, 0.5) is 0 Å². The van der Waals surface area contributed by atoms with Gasteiger partial charge < -0.3 is 5.73 Å². The van der Waals surface area contributed by atoms with Crippen LogP contribution in [0.5, 0.6) is 0 Å². The van der Waals surface area contributed by atoms with Gasteiger partial charge in [-0.05, 0) is 41.4 Å². The summed E-state index contributed by atoms with van der Waals surface area (Å²) in [4.78, 5) is 0.250. The third kappa shape index (κ3) is 3.86. The molecule has 16 heavy (non-hydrogen) atoms. The van der Waals surface area contributed by atoms with E-state index in [-0.39, 0.29) is 10.9 Å². The second-order valence-electron chi connectivity index (χ2n) is 3.59. The Bertz CT molecular complexity index is 446. The van der Waals surface area contributed by atoms with Gasteiger partial charge in [0, 0.05) is 17.1 Å². The highest BCUT2D eigenvalue weighted by Gasteiger charge is 2.16. The molecular weight excluding hydrogens is 292 g/mol. The van der Waals surface area contributed by atoms with Crippen molar-refractivity contribution < 1.29 is 8.42 Å². The van der Waals surface area contributed by atoms with E-state index in [2.05, 4.69) is 20.7 Å². The van der Waals surface area contributed by atoms with Crippen molar-refractivity contribution in [2.24, 2.45) is 5.73 Å². The van der Waals surface area contributed by atoms with Crippen LogP contribution < -0.4 is 10.5 Å². The van der Waals surface area contributed by atoms with E-state index in [1.165, 1.54) is 0 Å². The molecule has 1 atom stereocenters. The summed E-state index contributed by atoms with van der Waals surface area (Å²) >= 11 is 3.21. The largest absolute Gasteiger partial charge is 0.328 e. The van der Waals surface area contributed by atoms with Crippen molar-refractivity contribution in [1.82, 2.24) is 4.72 Å². The summed E-state index contributed by atoms with van der Waals surface area (Å²) in [6.07, 6.45) is 0.615. The minimum absolute atomic E-state index is 0.0121. The minimum atomic E-state index is -3.44. The van der Waals surface area contributed by atoms with Gasteiger partial charge in [0.1, 0.15) is 0 Å². The van der Waals surface area contributed by atoms with E-state index in [0.717, 1.165) is 0 Å². The van der Waals surface area contributed by atoms with Crippen molar-refractivity contribution >= 4 is 26.0 Å². The highest BCUT2D eigenvalue weighted by atomic mass is 79.9. The predicted octanol–water partition coefficient (Wildman–Crippen LogP) is 1.46. The van der Waals surface area contributed by atoms with Gasteiger partial charge in [-0.1, -0.05) is 12.1 Å². The number of hydrogen-bond acceptors (Lipinski definition) is 3. The summed E-state index contributed by atoms with van der Waals surface area (Å²) in [5, 5.41) is 0. The molecule has 0 fully saturated rings. The van der Waals surface area contributed by atoms with E-state index in [4.69, 9.17) is 5.73 Å². The third-order valence-corrected chi connectivity index (χ3v) is 4.49. The van der Waals surface area contributed by atoms with E-state index < -0.39 is 10.0 Å². The third-order valence-electron chi connectivity index (χ3n) is 2.02. The maximum Gasteiger partial charge on any atom is 0.241 e. The highest BCUT2D eigenvalue weighted by molar-refractivity contribution is 9.10. The fourth-order valence-electron chi connectivity index (χ4n) is 1.16. The number of halogens is 1. The van der Waals surface area contributed by atoms with E-state index >= 15 is 0 Å². The molecule has 0 aliphatic heterocycles. The van der Waals surface area contributed by atoms with E-state index in [9.17, 15) is 8.42 Å². The first-order chi connectivity index (χ1) is 7.43. The van der Waals surface area contributed by atoms with E-state index in [1.54, 1.807) is 24.3 Å². The van der Waals surface area contributed by atoms with Gasteiger partial charge in [-0.2, -0.15) is 0 Å². The summed E-state index contributed by atoms with van der Waals surface area (Å²) < 4.78 is 26.8. The van der Waals surface area contributed by atoms with Crippen LogP contribution in [0.25, 0.3) is 0 Å². The minimum Gasteiger partial charge on any atom is -0.328 e. The van der Waals surface area contributed by atoms with E-state index in [1.807, 2.05) is 6.92 Å². The Kier molecular flexibility index (Phi) is 4.91. The monoisotopic (exact) mass is 306 g/mol. The zero-order valence-electron chi connectivity index (χ0n) is 8.98. The van der Waals surface area contributed by atoms with Gasteiger partial charge in [0.2, 0.25) is 10.0 Å². The molecule has 4 nitrogen and oxygen atoms in total. The van der Waals surface area contributed by atoms with Crippen LogP contribution in [-0.4, -0.2) is 21.0 Å². The lowest BCUT2D eigenvalue weighted by Crippen LogP contribution is -2.29. The Labute approximate surface area is 104 Å². The van der Waals surface area contributed by atoms with Gasteiger partial charge in [-0.25, -0.2) is 13.1 Å². The number of sulfonamides is 1. The molecule has 0 aliphatic carbocycles. The molecule has 3 N–H and O–H groups in total. The first-order valence-corrected chi connectivity index (χ1v) is 7.21. The van der Waals surface area contributed by atoms with Gasteiger partial charge in [0.25, 0.3) is 0 Å². The molecule has 0 radical (unpaired) electrons. The van der Waals surface area contributed by atoms with Crippen molar-refractivity contribution in [3.8, 4) is 0 Å². The Morgan fingerprint density at radius 2 is 2.06 bits per heavy atom. The lowest BCUT2D eigenvalue weighted by Gasteiger charge is -2.09. The first-order valence-electron chi connectivity index (χ1n) is 4.93. The fraction of sp³-hybridized carbons (Fsp3) is 0.400. The lowest BCUT2D eigenvalue weighted by atomic mass is 10.3. The van der Waals surface area contributed by atoms with Gasteiger partial charge in [0.05, 0.1) is 4.90 Å². The maximum absolute atomic E-state index is 11.9. The molecule has 90 valence electrons. The van der Waals surface area contributed by atoms with Gasteiger partial charge in [0.15, 0.2) is 0 Å². The smallest absolute Gasteiger partial charge is 0.241 e. The number of benzene rings is 1. The van der Waals surface area contributed by atoms with Crippen molar-refractivity contribution in [3.63, 3.8) is 0 Å². The average Bonchev–Trinajstić information content (AvgIpc) is 2.17. The summed E-state index contributed by atoms with van der Waals surface area (Å²) in [5.74, 6) is 0. The molecule has 1 aromatic carbocycles. The standard InChI is InChI=1S/C10H15BrN2O2S/c1-8(12)6-7-13-16(14,15)10-5-3-2-4-9(10)11/h2-5,8,13H,6-7,12H2,1H3. The summed E-state index contributed by atoms with van der Waals surface area (Å²) in [7, 11) is -3.44. The van der Waals surface area contributed by atoms with Crippen LogP contribution in [0.1, 0.15) is 13.3 Å². The molecule has 1 aromatic rings. The Hall–Kier alpha value is -0.430. The quantitative estimate of drug-likeness (QED) is 0.865. The number of nitrogens with one attached hydrogen (secondary N) is 1. The zero-order chi connectivity index (χ0) is 12.2. The normalized spacial score (nSPS) is 13.7. The second-order valence-corrected chi connectivity index (χ2v) is 6.18. The Morgan fingerprint density at radius 3 is 2.62 bits per heavy atom. The van der Waals surface area contributed by atoms with Crippen LogP contribution in [0.15, 0.2) is 33.6 Å². The number of nitrogens with two attached hydrogens (primary N) is 1. The van der Waals surface area contributed by atoms with Crippen molar-refractivity contribution in [1.29, 1.82) is 0 Å². The Balaban J connectivity index is 2.75. The molecule has 0 aliphatic rings. The zero-order valence-corrected chi connectivity index (χ0v) is 11.4. The van der Waals surface area contributed by atoms with Crippen LogP contribution >= 0.6 is 15.9 Å². The molecule has 0 amide bonds. The molecule has 0 saturated carbocycles. The molecule has 6 heteroatoms. The van der Waals surface area contributed by atoms with Crippen LogP contribution in [0.2, 0.25) is 0 Å². The average molecular weight is 307 g/mol. The van der Waals surface area contributed by atoms with Gasteiger partial charge in [-0.3, -0.25) is 0 Å². The lowest BCUT2D eigenvalue weighted by molar-refractivity contribution is 0.571. The molecule has 0 heterocycles. The predicted molar refractivity (Wildman–Crippen MR) is 67.6 cm³/mol. The second kappa shape index (κ2) is 5.77. The number of rotatable bonds is 5. The fourth-order valence-corrected chi connectivity index (χ4v) is 3.21. The molecular formula is C10H15BrN2O2S. The van der Waals surface area contributed by atoms with Gasteiger partial charge in [-0.15, -0.1) is 0 Å². The molecule has 1 unspecified atom stereocenters. The summed E-state index contributed by atoms with van der Waals surface area (Å²) in [6, 6.07) is 6.69. The summed E-state index contributed by atoms with van der Waals surface area (Å²) in [5.41, 5.74) is 5.55. The van der Waals surface area contributed by atoms with Crippen molar-refractivity contribution in [2.45, 2.75) is 24.3 Å². The number of hydrogen-bond donors (Lipinski definition) is 2. The summed E-state index contributed by atoms with van der Waals surface area (Å²) in [6.45, 7) is 2.19. The van der Waals surface area contributed by atoms with Crippen molar-refractivity contribution in [3.05, 3.63) is 28.7 Å². The SMILES string of the molecule is CC(N)CCNS(=O)(=O)c1ccccc1Br.